The summed E-state index contributed by atoms with van der Waals surface area (Å²) in [6, 6.07) is 12.9. The lowest BCUT2D eigenvalue weighted by Crippen LogP contribution is -2.54. The minimum absolute atomic E-state index is 0.469. The first-order valence-corrected chi connectivity index (χ1v) is 13.7. The van der Waals surface area contributed by atoms with Crippen molar-refractivity contribution in [3.05, 3.63) is 53.9 Å². The third kappa shape index (κ3) is 7.57. The Balaban J connectivity index is 0.000000201. The minimum Gasteiger partial charge on any atom is -0.378 e. The molecular weight excluding hydrogens is 506 g/mol. The number of aromatic nitrogens is 3. The molecule has 0 radical (unpaired) electrons. The average Bonchev–Trinajstić information content (AvgIpc) is 3.35. The zero-order valence-electron chi connectivity index (χ0n) is 23.9. The van der Waals surface area contributed by atoms with E-state index in [1.165, 1.54) is 0 Å². The van der Waals surface area contributed by atoms with E-state index in [2.05, 4.69) is 79.6 Å². The van der Waals surface area contributed by atoms with Gasteiger partial charge in [0.25, 0.3) is 0 Å². The third-order valence-electron chi connectivity index (χ3n) is 7.01. The van der Waals surface area contributed by atoms with E-state index in [-0.39, 0.29) is 0 Å². The van der Waals surface area contributed by atoms with Crippen LogP contribution in [0.1, 0.15) is 29.9 Å². The van der Waals surface area contributed by atoms with Crippen LogP contribution in [-0.2, 0) is 18.3 Å². The summed E-state index contributed by atoms with van der Waals surface area (Å²) >= 11 is 0. The van der Waals surface area contributed by atoms with Gasteiger partial charge in [0.2, 0.25) is 0 Å². The van der Waals surface area contributed by atoms with Crippen LogP contribution in [0.25, 0.3) is 0 Å². The highest BCUT2D eigenvalue weighted by Crippen LogP contribution is 2.31. The Hall–Kier alpha value is -3.96. The number of carbonyl (C=O) groups is 1. The first kappa shape index (κ1) is 29.0. The lowest BCUT2D eigenvalue weighted by molar-refractivity contribution is 0.112. The van der Waals surface area contributed by atoms with Crippen LogP contribution in [0.5, 0.6) is 0 Å². The van der Waals surface area contributed by atoms with E-state index in [1.807, 2.05) is 37.0 Å². The van der Waals surface area contributed by atoms with Crippen LogP contribution in [0.2, 0.25) is 0 Å². The van der Waals surface area contributed by atoms with E-state index in [0.29, 0.717) is 24.2 Å². The van der Waals surface area contributed by atoms with Gasteiger partial charge in [-0.25, -0.2) is 4.98 Å². The standard InChI is InChI=1S/C17H24N6O.C12H17N3O/c1-18-16-10-13(23-6-8-24-9-7-23)4-5-15(16)20-12-14-11-17(19-2)21-22(14)3;1-9-6-15(7-10(2)14-9)12-4-3-11(8-16)5-13-12/h4-5,10-11,20H,1,6-9,12H2,2-3H3,(H,19,21);3-5,8-10,14H,6-7H2,1-2H3. The van der Waals surface area contributed by atoms with Crippen molar-refractivity contribution in [2.24, 2.45) is 12.0 Å². The fourth-order valence-corrected chi connectivity index (χ4v) is 4.97. The van der Waals surface area contributed by atoms with E-state index >= 15 is 0 Å². The number of nitrogens with zero attached hydrogens (tertiary/aromatic N) is 6. The highest BCUT2D eigenvalue weighted by molar-refractivity contribution is 5.74. The van der Waals surface area contributed by atoms with Gasteiger partial charge in [-0.3, -0.25) is 14.5 Å². The van der Waals surface area contributed by atoms with E-state index < -0.39 is 0 Å². The first-order valence-electron chi connectivity index (χ1n) is 13.7. The number of nitrogens with one attached hydrogen (secondary N) is 3. The molecule has 2 saturated heterocycles. The van der Waals surface area contributed by atoms with Crippen LogP contribution in [0.15, 0.2) is 47.6 Å². The first-order chi connectivity index (χ1) is 19.4. The molecule has 2 aliphatic rings. The smallest absolute Gasteiger partial charge is 0.151 e. The maximum absolute atomic E-state index is 10.5. The van der Waals surface area contributed by atoms with Crippen molar-refractivity contribution in [2.75, 3.05) is 66.9 Å². The van der Waals surface area contributed by atoms with Crippen LogP contribution in [0.4, 0.5) is 28.7 Å². The Labute approximate surface area is 236 Å². The van der Waals surface area contributed by atoms with Gasteiger partial charge in [0.15, 0.2) is 6.29 Å². The summed E-state index contributed by atoms with van der Waals surface area (Å²) in [7, 11) is 3.80. The Morgan fingerprint density at radius 2 is 1.88 bits per heavy atom. The fraction of sp³-hybridized carbons (Fsp3) is 0.448. The molecule has 0 saturated carbocycles. The zero-order chi connectivity index (χ0) is 28.5. The summed E-state index contributed by atoms with van der Waals surface area (Å²) in [5.41, 5.74) is 4.69. The predicted octanol–water partition coefficient (Wildman–Crippen LogP) is 3.32. The molecule has 1 aromatic carbocycles. The van der Waals surface area contributed by atoms with Crippen LogP contribution in [0.3, 0.4) is 0 Å². The largest absolute Gasteiger partial charge is 0.378 e. The number of piperazine rings is 1. The summed E-state index contributed by atoms with van der Waals surface area (Å²) < 4.78 is 7.27. The normalized spacial score (nSPS) is 18.9. The number of aryl methyl sites for hydroxylation is 1. The third-order valence-corrected chi connectivity index (χ3v) is 7.01. The van der Waals surface area contributed by atoms with Gasteiger partial charge in [-0.05, 0) is 50.9 Å². The number of carbonyl (C=O) groups excluding carboxylic acids is 1. The van der Waals surface area contributed by atoms with Gasteiger partial charge < -0.3 is 30.5 Å². The van der Waals surface area contributed by atoms with Gasteiger partial charge in [0.05, 0.1) is 36.8 Å². The summed E-state index contributed by atoms with van der Waals surface area (Å²) in [5.74, 6) is 1.81. The van der Waals surface area contributed by atoms with Gasteiger partial charge in [-0.15, -0.1) is 0 Å². The SMILES string of the molecule is C=Nc1cc(N2CCOCC2)ccc1NCc1cc(NC)nn1C.CC1CN(c2ccc(C=O)cn2)CC(C)N1. The molecule has 2 fully saturated rings. The van der Waals surface area contributed by atoms with Gasteiger partial charge in [0, 0.05) is 75.9 Å². The predicted molar refractivity (Wildman–Crippen MR) is 163 cm³/mol. The second kappa shape index (κ2) is 13.9. The molecule has 11 nitrogen and oxygen atoms in total. The van der Waals surface area contributed by atoms with E-state index in [4.69, 9.17) is 4.74 Å². The molecular formula is C29H41N9O2. The summed E-state index contributed by atoms with van der Waals surface area (Å²) in [6.45, 7) is 14.0. The van der Waals surface area contributed by atoms with E-state index in [0.717, 1.165) is 80.1 Å². The van der Waals surface area contributed by atoms with Crippen molar-refractivity contribution in [2.45, 2.75) is 32.5 Å². The van der Waals surface area contributed by atoms with E-state index in [9.17, 15) is 4.79 Å². The lowest BCUT2D eigenvalue weighted by atomic mass is 10.1. The number of anilines is 4. The number of rotatable bonds is 8. The molecule has 11 heteroatoms. The Morgan fingerprint density at radius 1 is 1.12 bits per heavy atom. The molecule has 2 aliphatic heterocycles. The number of morpholine rings is 1. The van der Waals surface area contributed by atoms with Crippen LogP contribution in [-0.4, -0.2) is 86.3 Å². The molecule has 2 aromatic heterocycles. The molecule has 2 atom stereocenters. The number of hydrogen-bond donors (Lipinski definition) is 3. The van der Waals surface area contributed by atoms with Crippen LogP contribution < -0.4 is 25.8 Å². The maximum atomic E-state index is 10.5. The monoisotopic (exact) mass is 547 g/mol. The molecule has 40 heavy (non-hydrogen) atoms. The number of benzene rings is 1. The number of aldehydes is 1. The highest BCUT2D eigenvalue weighted by Gasteiger charge is 2.21. The molecule has 214 valence electrons. The number of pyridine rings is 1. The number of hydrogen-bond acceptors (Lipinski definition) is 10. The van der Waals surface area contributed by atoms with Crippen LogP contribution >= 0.6 is 0 Å². The van der Waals surface area contributed by atoms with Crippen molar-refractivity contribution >= 4 is 41.7 Å². The zero-order valence-corrected chi connectivity index (χ0v) is 23.9. The Morgan fingerprint density at radius 3 is 2.48 bits per heavy atom. The Kier molecular flexibility index (Phi) is 10.1. The highest BCUT2D eigenvalue weighted by atomic mass is 16.5. The van der Waals surface area contributed by atoms with Crippen molar-refractivity contribution < 1.29 is 9.53 Å². The Bertz CT molecular complexity index is 1240. The van der Waals surface area contributed by atoms with Gasteiger partial charge in [-0.2, -0.15) is 5.10 Å². The lowest BCUT2D eigenvalue weighted by Gasteiger charge is -2.36. The number of aliphatic imine (C=N–C) groups is 1. The van der Waals surface area contributed by atoms with Crippen molar-refractivity contribution in [3.8, 4) is 0 Å². The van der Waals surface area contributed by atoms with Gasteiger partial charge in [-0.1, -0.05) is 0 Å². The summed E-state index contributed by atoms with van der Waals surface area (Å²) in [6.07, 6.45) is 2.44. The summed E-state index contributed by atoms with van der Waals surface area (Å²) in [5, 5.41) is 14.3. The second-order valence-electron chi connectivity index (χ2n) is 10.1. The molecule has 0 amide bonds. The fourth-order valence-electron chi connectivity index (χ4n) is 4.97. The molecule has 0 bridgehead atoms. The molecule has 3 aromatic rings. The minimum atomic E-state index is 0.469. The molecule has 0 aliphatic carbocycles. The topological polar surface area (TPSA) is 112 Å². The maximum Gasteiger partial charge on any atom is 0.151 e. The second-order valence-corrected chi connectivity index (χ2v) is 10.1. The van der Waals surface area contributed by atoms with Crippen LogP contribution in [0, 0.1) is 0 Å². The van der Waals surface area contributed by atoms with Gasteiger partial charge in [0.1, 0.15) is 11.6 Å². The van der Waals surface area contributed by atoms with E-state index in [1.54, 1.807) is 6.20 Å². The van der Waals surface area contributed by atoms with Crippen molar-refractivity contribution in [1.82, 2.24) is 20.1 Å². The van der Waals surface area contributed by atoms with Crippen molar-refractivity contribution in [1.29, 1.82) is 0 Å². The molecule has 4 heterocycles. The number of ether oxygens (including phenoxy) is 1. The molecule has 5 rings (SSSR count). The molecule has 0 spiro atoms. The average molecular weight is 548 g/mol. The summed E-state index contributed by atoms with van der Waals surface area (Å²) in [4.78, 5) is 23.6. The van der Waals surface area contributed by atoms with Crippen molar-refractivity contribution in [3.63, 3.8) is 0 Å². The molecule has 2 unspecified atom stereocenters. The quantitative estimate of drug-likeness (QED) is 0.289. The van der Waals surface area contributed by atoms with Gasteiger partial charge >= 0.3 is 0 Å². The molecule has 3 N–H and O–H groups in total.